The zero-order chi connectivity index (χ0) is 30.8. The predicted octanol–water partition coefficient (Wildman–Crippen LogP) is 5.59. The molecule has 4 rings (SSSR count). The second-order valence-electron chi connectivity index (χ2n) is 11.0. The van der Waals surface area contributed by atoms with Crippen LogP contribution in [0.1, 0.15) is 49.7 Å². The first-order valence-corrected chi connectivity index (χ1v) is 16.9. The Morgan fingerprint density at radius 3 is 2.33 bits per heavy atom. The lowest BCUT2D eigenvalue weighted by atomic mass is 10.0. The van der Waals surface area contributed by atoms with Gasteiger partial charge in [0.2, 0.25) is 21.8 Å². The van der Waals surface area contributed by atoms with Crippen LogP contribution in [-0.4, -0.2) is 57.1 Å². The highest BCUT2D eigenvalue weighted by Crippen LogP contribution is 2.25. The zero-order valence-corrected chi connectivity index (χ0v) is 26.3. The number of nitrogens with one attached hydrogen (secondary N) is 1. The Morgan fingerprint density at radius 2 is 1.67 bits per heavy atom. The standard InChI is InChI=1S/C33H40ClN3O5S/c1-42-30-15-8-14-29(23-30)37(43(2,40)41)21-9-16-32(38)36(24-26-17-19-27(34)20-18-26)31(22-25-10-4-3-5-11-25)33(39)35-28-12-6-7-13-28/h3-5,8,10-11,14-15,17-20,23,28,31H,6-7,9,12-13,16,21-22,24H2,1-2H3,(H,35,39). The normalized spacial score (nSPS) is 14.2. The van der Waals surface area contributed by atoms with Crippen LogP contribution in [0, 0.1) is 0 Å². The minimum Gasteiger partial charge on any atom is -0.497 e. The lowest BCUT2D eigenvalue weighted by Gasteiger charge is -2.33. The Hall–Kier alpha value is -3.56. The molecule has 1 unspecified atom stereocenters. The van der Waals surface area contributed by atoms with Crippen LogP contribution in [-0.2, 0) is 32.6 Å². The highest BCUT2D eigenvalue weighted by molar-refractivity contribution is 7.92. The maximum absolute atomic E-state index is 14.0. The van der Waals surface area contributed by atoms with E-state index in [1.165, 1.54) is 11.4 Å². The van der Waals surface area contributed by atoms with Crippen LogP contribution in [0.4, 0.5) is 5.69 Å². The molecule has 0 heterocycles. The van der Waals surface area contributed by atoms with Crippen LogP contribution < -0.4 is 14.4 Å². The van der Waals surface area contributed by atoms with Crippen molar-refractivity contribution in [2.75, 3.05) is 24.2 Å². The van der Waals surface area contributed by atoms with Crippen molar-refractivity contribution in [2.24, 2.45) is 0 Å². The molecule has 0 aromatic heterocycles. The number of hydrogen-bond acceptors (Lipinski definition) is 5. The molecule has 0 spiro atoms. The van der Waals surface area contributed by atoms with Crippen molar-refractivity contribution >= 4 is 39.1 Å². The minimum atomic E-state index is -3.62. The summed E-state index contributed by atoms with van der Waals surface area (Å²) in [5.74, 6) is 0.136. The maximum Gasteiger partial charge on any atom is 0.243 e. The Kier molecular flexibility index (Phi) is 11.5. The number of methoxy groups -OCH3 is 1. The second kappa shape index (κ2) is 15.3. The molecule has 1 atom stereocenters. The molecule has 0 saturated heterocycles. The SMILES string of the molecule is COc1cccc(N(CCCC(=O)N(Cc2ccc(Cl)cc2)C(Cc2ccccc2)C(=O)NC2CCCC2)S(C)(=O)=O)c1. The van der Waals surface area contributed by atoms with Crippen LogP contribution in [0.2, 0.25) is 5.02 Å². The fraction of sp³-hybridized carbons (Fsp3) is 0.394. The third-order valence-corrected chi connectivity index (χ3v) is 9.18. The molecule has 3 aromatic carbocycles. The summed E-state index contributed by atoms with van der Waals surface area (Å²) >= 11 is 6.12. The van der Waals surface area contributed by atoms with E-state index >= 15 is 0 Å². The topological polar surface area (TPSA) is 96.0 Å². The van der Waals surface area contributed by atoms with Crippen molar-refractivity contribution in [3.8, 4) is 5.75 Å². The van der Waals surface area contributed by atoms with Gasteiger partial charge in [-0.25, -0.2) is 8.42 Å². The van der Waals surface area contributed by atoms with Crippen LogP contribution in [0.3, 0.4) is 0 Å². The molecular formula is C33H40ClN3O5S. The number of halogens is 1. The Bertz CT molecular complexity index is 1460. The van der Waals surface area contributed by atoms with E-state index in [2.05, 4.69) is 5.32 Å². The molecule has 3 aromatic rings. The van der Waals surface area contributed by atoms with Gasteiger partial charge in [0.25, 0.3) is 0 Å². The van der Waals surface area contributed by atoms with Gasteiger partial charge in [0.1, 0.15) is 11.8 Å². The predicted molar refractivity (Wildman–Crippen MR) is 171 cm³/mol. The van der Waals surface area contributed by atoms with Gasteiger partial charge in [-0.2, -0.15) is 0 Å². The van der Waals surface area contributed by atoms with E-state index in [1.54, 1.807) is 41.3 Å². The quantitative estimate of drug-likeness (QED) is 0.252. The first kappa shape index (κ1) is 32.4. The van der Waals surface area contributed by atoms with Gasteiger partial charge in [-0.05, 0) is 54.7 Å². The third kappa shape index (κ3) is 9.46. The molecule has 0 aliphatic heterocycles. The summed E-state index contributed by atoms with van der Waals surface area (Å²) in [6.45, 7) is 0.321. The Balaban J connectivity index is 1.58. The number of benzene rings is 3. The minimum absolute atomic E-state index is 0.0611. The summed E-state index contributed by atoms with van der Waals surface area (Å²) in [5, 5.41) is 3.79. The van der Waals surface area contributed by atoms with Gasteiger partial charge in [-0.1, -0.05) is 73.0 Å². The van der Waals surface area contributed by atoms with Crippen molar-refractivity contribution in [1.82, 2.24) is 10.2 Å². The average Bonchev–Trinajstić information content (AvgIpc) is 3.51. The van der Waals surface area contributed by atoms with Crippen LogP contribution in [0.25, 0.3) is 0 Å². The molecule has 10 heteroatoms. The van der Waals surface area contributed by atoms with Gasteiger partial charge in [-0.15, -0.1) is 0 Å². The molecule has 0 bridgehead atoms. The monoisotopic (exact) mass is 625 g/mol. The number of anilines is 1. The van der Waals surface area contributed by atoms with Gasteiger partial charge >= 0.3 is 0 Å². The molecule has 0 radical (unpaired) electrons. The summed E-state index contributed by atoms with van der Waals surface area (Å²) < 4.78 is 32.0. The van der Waals surface area contributed by atoms with Crippen molar-refractivity contribution < 1.29 is 22.7 Å². The molecule has 8 nitrogen and oxygen atoms in total. The largest absolute Gasteiger partial charge is 0.497 e. The number of sulfonamides is 1. The summed E-state index contributed by atoms with van der Waals surface area (Å²) in [7, 11) is -2.10. The molecule has 43 heavy (non-hydrogen) atoms. The molecule has 1 aliphatic carbocycles. The lowest BCUT2D eigenvalue weighted by Crippen LogP contribution is -2.52. The van der Waals surface area contributed by atoms with Crippen LogP contribution >= 0.6 is 11.6 Å². The van der Waals surface area contributed by atoms with Crippen LogP contribution in [0.5, 0.6) is 5.75 Å². The van der Waals surface area contributed by atoms with E-state index in [1.807, 2.05) is 42.5 Å². The molecule has 1 aliphatic rings. The fourth-order valence-corrected chi connectivity index (χ4v) is 6.56. The first-order chi connectivity index (χ1) is 20.6. The fourth-order valence-electron chi connectivity index (χ4n) is 5.48. The second-order valence-corrected chi connectivity index (χ2v) is 13.3. The summed E-state index contributed by atoms with van der Waals surface area (Å²) in [6.07, 6.45) is 5.84. The number of carbonyl (C=O) groups is 2. The van der Waals surface area contributed by atoms with Gasteiger partial charge in [0.05, 0.1) is 19.1 Å². The molecular weight excluding hydrogens is 586 g/mol. The molecule has 1 fully saturated rings. The van der Waals surface area contributed by atoms with E-state index in [0.29, 0.717) is 22.9 Å². The third-order valence-electron chi connectivity index (χ3n) is 7.73. The number of hydrogen-bond donors (Lipinski definition) is 1. The first-order valence-electron chi connectivity index (χ1n) is 14.6. The lowest BCUT2D eigenvalue weighted by molar-refractivity contribution is -0.141. The van der Waals surface area contributed by atoms with Crippen molar-refractivity contribution in [1.29, 1.82) is 0 Å². The number of ether oxygens (including phenoxy) is 1. The van der Waals surface area contributed by atoms with E-state index in [0.717, 1.165) is 43.1 Å². The van der Waals surface area contributed by atoms with Gasteiger partial charge in [0.15, 0.2) is 0 Å². The zero-order valence-electron chi connectivity index (χ0n) is 24.7. The Morgan fingerprint density at radius 1 is 0.977 bits per heavy atom. The van der Waals surface area contributed by atoms with Gasteiger partial charge in [0, 0.05) is 43.1 Å². The van der Waals surface area contributed by atoms with Crippen molar-refractivity contribution in [3.05, 3.63) is 95.0 Å². The number of amides is 2. The average molecular weight is 626 g/mol. The summed E-state index contributed by atoms with van der Waals surface area (Å²) in [6, 6.07) is 23.1. The van der Waals surface area contributed by atoms with Gasteiger partial charge < -0.3 is 15.0 Å². The molecule has 230 valence electrons. The van der Waals surface area contributed by atoms with Crippen molar-refractivity contribution in [3.63, 3.8) is 0 Å². The molecule has 2 amide bonds. The van der Waals surface area contributed by atoms with E-state index in [-0.39, 0.29) is 43.8 Å². The molecule has 1 saturated carbocycles. The highest BCUT2D eigenvalue weighted by atomic mass is 35.5. The molecule has 1 N–H and O–H groups in total. The number of nitrogens with zero attached hydrogens (tertiary/aromatic N) is 2. The highest BCUT2D eigenvalue weighted by Gasteiger charge is 2.32. The van der Waals surface area contributed by atoms with E-state index in [9.17, 15) is 18.0 Å². The van der Waals surface area contributed by atoms with Gasteiger partial charge in [-0.3, -0.25) is 13.9 Å². The smallest absolute Gasteiger partial charge is 0.243 e. The van der Waals surface area contributed by atoms with E-state index < -0.39 is 16.1 Å². The summed E-state index contributed by atoms with van der Waals surface area (Å²) in [5.41, 5.74) is 2.26. The Labute approximate surface area is 260 Å². The van der Waals surface area contributed by atoms with Crippen molar-refractivity contribution in [2.45, 2.75) is 63.6 Å². The van der Waals surface area contributed by atoms with E-state index in [4.69, 9.17) is 16.3 Å². The number of carbonyl (C=O) groups excluding carboxylic acids is 2. The maximum atomic E-state index is 14.0. The van der Waals surface area contributed by atoms with Crippen LogP contribution in [0.15, 0.2) is 78.9 Å². The number of rotatable bonds is 14. The summed E-state index contributed by atoms with van der Waals surface area (Å²) in [4.78, 5) is 29.5.